The Morgan fingerprint density at radius 2 is 1.93 bits per heavy atom. The van der Waals surface area contributed by atoms with Gasteiger partial charge in [-0.2, -0.15) is 0 Å². The molecule has 0 fully saturated rings. The van der Waals surface area contributed by atoms with Crippen molar-refractivity contribution in [2.45, 2.75) is 26.4 Å². The summed E-state index contributed by atoms with van der Waals surface area (Å²) in [5.74, 6) is 2.29. The Morgan fingerprint density at radius 1 is 1.11 bits per heavy atom. The van der Waals surface area contributed by atoms with Crippen LogP contribution in [0.1, 0.15) is 22.5 Å². The molecule has 6 nitrogen and oxygen atoms in total. The SMILES string of the molecule is COc1ccc(OC)c(CC(=O)NCc2cccc(Cn3ccnc3C)c2)c1. The largest absolute Gasteiger partial charge is 0.497 e. The number of aryl methyl sites for hydroxylation is 1. The minimum absolute atomic E-state index is 0.0672. The second kappa shape index (κ2) is 9.08. The molecule has 28 heavy (non-hydrogen) atoms. The fourth-order valence-corrected chi connectivity index (χ4v) is 3.06. The van der Waals surface area contributed by atoms with E-state index in [0.717, 1.165) is 23.5 Å². The van der Waals surface area contributed by atoms with Crippen LogP contribution in [0.5, 0.6) is 11.5 Å². The zero-order valence-electron chi connectivity index (χ0n) is 16.4. The number of aromatic nitrogens is 2. The van der Waals surface area contributed by atoms with Gasteiger partial charge in [0, 0.05) is 31.0 Å². The first-order chi connectivity index (χ1) is 13.6. The minimum Gasteiger partial charge on any atom is -0.497 e. The van der Waals surface area contributed by atoms with Crippen molar-refractivity contribution in [1.82, 2.24) is 14.9 Å². The predicted octanol–water partition coefficient (Wildman–Crippen LogP) is 3.12. The van der Waals surface area contributed by atoms with E-state index in [1.165, 1.54) is 5.56 Å². The number of rotatable bonds is 8. The molecule has 0 atom stereocenters. The molecule has 1 N–H and O–H groups in total. The van der Waals surface area contributed by atoms with E-state index in [4.69, 9.17) is 9.47 Å². The highest BCUT2D eigenvalue weighted by molar-refractivity contribution is 5.79. The van der Waals surface area contributed by atoms with Crippen LogP contribution >= 0.6 is 0 Å². The lowest BCUT2D eigenvalue weighted by Crippen LogP contribution is -2.24. The fourth-order valence-electron chi connectivity index (χ4n) is 3.06. The number of benzene rings is 2. The first kappa shape index (κ1) is 19.5. The van der Waals surface area contributed by atoms with E-state index in [-0.39, 0.29) is 12.3 Å². The second-order valence-electron chi connectivity index (χ2n) is 6.55. The highest BCUT2D eigenvalue weighted by Gasteiger charge is 2.10. The van der Waals surface area contributed by atoms with Crippen LogP contribution in [0.2, 0.25) is 0 Å². The lowest BCUT2D eigenvalue weighted by Gasteiger charge is -2.11. The van der Waals surface area contributed by atoms with Crippen molar-refractivity contribution in [1.29, 1.82) is 0 Å². The number of ether oxygens (including phenoxy) is 2. The number of carbonyl (C=O) groups is 1. The molecule has 1 heterocycles. The smallest absolute Gasteiger partial charge is 0.224 e. The van der Waals surface area contributed by atoms with Crippen LogP contribution in [0.3, 0.4) is 0 Å². The first-order valence-corrected chi connectivity index (χ1v) is 9.12. The molecule has 1 amide bonds. The van der Waals surface area contributed by atoms with Gasteiger partial charge in [0.2, 0.25) is 5.91 Å². The van der Waals surface area contributed by atoms with E-state index in [1.54, 1.807) is 20.4 Å². The van der Waals surface area contributed by atoms with Crippen LogP contribution in [0.25, 0.3) is 0 Å². The van der Waals surface area contributed by atoms with Gasteiger partial charge >= 0.3 is 0 Å². The number of carbonyl (C=O) groups excluding carboxylic acids is 1. The number of nitrogens with zero attached hydrogens (tertiary/aromatic N) is 2. The third kappa shape index (κ3) is 4.91. The van der Waals surface area contributed by atoms with Gasteiger partial charge in [-0.25, -0.2) is 4.98 Å². The standard InChI is InChI=1S/C22H25N3O3/c1-16-23-9-10-25(16)15-18-6-4-5-17(11-18)14-24-22(26)13-19-12-20(27-2)7-8-21(19)28-3/h4-12H,13-15H2,1-3H3,(H,24,26). The van der Waals surface area contributed by atoms with Gasteiger partial charge in [-0.3, -0.25) is 4.79 Å². The monoisotopic (exact) mass is 379 g/mol. The maximum absolute atomic E-state index is 12.4. The third-order valence-electron chi connectivity index (χ3n) is 4.60. The Hall–Kier alpha value is -3.28. The number of methoxy groups -OCH3 is 2. The Balaban J connectivity index is 1.60. The van der Waals surface area contributed by atoms with E-state index in [1.807, 2.05) is 43.5 Å². The molecule has 0 aliphatic carbocycles. The van der Waals surface area contributed by atoms with Gasteiger partial charge < -0.3 is 19.4 Å². The van der Waals surface area contributed by atoms with Gasteiger partial charge in [-0.05, 0) is 36.2 Å². The third-order valence-corrected chi connectivity index (χ3v) is 4.60. The lowest BCUT2D eigenvalue weighted by atomic mass is 10.1. The fraction of sp³-hybridized carbons (Fsp3) is 0.273. The average molecular weight is 379 g/mol. The van der Waals surface area contributed by atoms with E-state index in [2.05, 4.69) is 27.0 Å². The number of amides is 1. The highest BCUT2D eigenvalue weighted by Crippen LogP contribution is 2.24. The Kier molecular flexibility index (Phi) is 6.32. The molecule has 0 aliphatic rings. The quantitative estimate of drug-likeness (QED) is 0.653. The maximum atomic E-state index is 12.4. The summed E-state index contributed by atoms with van der Waals surface area (Å²) in [7, 11) is 3.20. The van der Waals surface area contributed by atoms with Crippen LogP contribution in [-0.2, 0) is 24.3 Å². The summed E-state index contributed by atoms with van der Waals surface area (Å²) in [4.78, 5) is 16.7. The van der Waals surface area contributed by atoms with Gasteiger partial charge in [-0.15, -0.1) is 0 Å². The summed E-state index contributed by atoms with van der Waals surface area (Å²) in [5, 5.41) is 2.98. The van der Waals surface area contributed by atoms with Crippen molar-refractivity contribution in [2.24, 2.45) is 0 Å². The Bertz CT molecular complexity index is 950. The van der Waals surface area contributed by atoms with Crippen molar-refractivity contribution in [3.05, 3.63) is 77.4 Å². The molecular weight excluding hydrogens is 354 g/mol. The molecule has 0 radical (unpaired) electrons. The first-order valence-electron chi connectivity index (χ1n) is 9.12. The van der Waals surface area contributed by atoms with Gasteiger partial charge in [0.15, 0.2) is 0 Å². The molecule has 0 saturated heterocycles. The lowest BCUT2D eigenvalue weighted by molar-refractivity contribution is -0.120. The van der Waals surface area contributed by atoms with E-state index < -0.39 is 0 Å². The van der Waals surface area contributed by atoms with Crippen molar-refractivity contribution >= 4 is 5.91 Å². The van der Waals surface area contributed by atoms with Crippen LogP contribution in [0.4, 0.5) is 0 Å². The molecule has 0 spiro atoms. The summed E-state index contributed by atoms with van der Waals surface area (Å²) in [5.41, 5.74) is 3.02. The minimum atomic E-state index is -0.0672. The van der Waals surface area contributed by atoms with Crippen LogP contribution in [0.15, 0.2) is 54.9 Å². The molecule has 0 aliphatic heterocycles. The highest BCUT2D eigenvalue weighted by atomic mass is 16.5. The average Bonchev–Trinajstić information content (AvgIpc) is 3.11. The predicted molar refractivity (Wildman–Crippen MR) is 108 cm³/mol. The number of imidazole rings is 1. The van der Waals surface area contributed by atoms with Crippen LogP contribution < -0.4 is 14.8 Å². The number of hydrogen-bond acceptors (Lipinski definition) is 4. The van der Waals surface area contributed by atoms with Crippen molar-refractivity contribution in [3.63, 3.8) is 0 Å². The normalized spacial score (nSPS) is 10.5. The summed E-state index contributed by atoms with van der Waals surface area (Å²) >= 11 is 0. The summed E-state index contributed by atoms with van der Waals surface area (Å²) < 4.78 is 12.7. The second-order valence-corrected chi connectivity index (χ2v) is 6.55. The van der Waals surface area contributed by atoms with Gasteiger partial charge in [0.05, 0.1) is 20.6 Å². The molecule has 0 saturated carbocycles. The zero-order chi connectivity index (χ0) is 19.9. The van der Waals surface area contributed by atoms with Crippen LogP contribution in [-0.4, -0.2) is 29.7 Å². The van der Waals surface area contributed by atoms with E-state index >= 15 is 0 Å². The van der Waals surface area contributed by atoms with Crippen LogP contribution in [0, 0.1) is 6.92 Å². The summed E-state index contributed by atoms with van der Waals surface area (Å²) in [6, 6.07) is 13.6. The summed E-state index contributed by atoms with van der Waals surface area (Å²) in [6.07, 6.45) is 3.99. The van der Waals surface area contributed by atoms with E-state index in [9.17, 15) is 4.79 Å². The Labute approximate surface area is 165 Å². The van der Waals surface area contributed by atoms with Gasteiger partial charge in [-0.1, -0.05) is 24.3 Å². The van der Waals surface area contributed by atoms with Crippen molar-refractivity contribution in [3.8, 4) is 11.5 Å². The molecular formula is C22H25N3O3. The Morgan fingerprint density at radius 3 is 2.64 bits per heavy atom. The zero-order valence-corrected chi connectivity index (χ0v) is 16.4. The van der Waals surface area contributed by atoms with Crippen molar-refractivity contribution in [2.75, 3.05) is 14.2 Å². The number of nitrogens with one attached hydrogen (secondary N) is 1. The van der Waals surface area contributed by atoms with Gasteiger partial charge in [0.25, 0.3) is 0 Å². The number of hydrogen-bond donors (Lipinski definition) is 1. The molecule has 146 valence electrons. The molecule has 2 aromatic carbocycles. The topological polar surface area (TPSA) is 65.4 Å². The molecule has 1 aromatic heterocycles. The summed E-state index contributed by atoms with van der Waals surface area (Å²) in [6.45, 7) is 3.22. The molecule has 3 aromatic rings. The molecule has 0 bridgehead atoms. The molecule has 3 rings (SSSR count). The maximum Gasteiger partial charge on any atom is 0.224 e. The molecule has 0 unspecified atom stereocenters. The van der Waals surface area contributed by atoms with E-state index in [0.29, 0.717) is 18.0 Å². The van der Waals surface area contributed by atoms with Gasteiger partial charge in [0.1, 0.15) is 17.3 Å². The van der Waals surface area contributed by atoms with Crippen molar-refractivity contribution < 1.29 is 14.3 Å². The molecule has 6 heteroatoms.